The van der Waals surface area contributed by atoms with Crippen LogP contribution >= 0.6 is 11.6 Å². The molecule has 0 unspecified atom stereocenters. The van der Waals surface area contributed by atoms with Crippen molar-refractivity contribution in [2.45, 2.75) is 13.5 Å². The molecule has 1 N–H and O–H groups in total. The third-order valence-corrected chi connectivity index (χ3v) is 6.33. The van der Waals surface area contributed by atoms with Gasteiger partial charge in [-0.2, -0.15) is 0 Å². The number of rotatable bonds is 9. The molecule has 37 heavy (non-hydrogen) atoms. The van der Waals surface area contributed by atoms with Crippen molar-refractivity contribution in [1.82, 2.24) is 0 Å². The van der Waals surface area contributed by atoms with Gasteiger partial charge in [-0.25, -0.2) is 4.79 Å². The number of hydrogen-bond acceptors (Lipinski definition) is 6. The van der Waals surface area contributed by atoms with Crippen LogP contribution in [-0.2, 0) is 11.3 Å². The van der Waals surface area contributed by atoms with Crippen LogP contribution in [0.3, 0.4) is 0 Å². The van der Waals surface area contributed by atoms with Crippen molar-refractivity contribution in [1.29, 1.82) is 0 Å². The number of nitrogens with zero attached hydrogens (tertiary/aromatic N) is 2. The van der Waals surface area contributed by atoms with Crippen molar-refractivity contribution >= 4 is 34.9 Å². The van der Waals surface area contributed by atoms with Gasteiger partial charge in [-0.15, -0.1) is 0 Å². The van der Waals surface area contributed by atoms with Gasteiger partial charge in [-0.05, 0) is 55.0 Å². The van der Waals surface area contributed by atoms with Gasteiger partial charge in [0.05, 0.1) is 49.7 Å². The van der Waals surface area contributed by atoms with Gasteiger partial charge in [0.25, 0.3) is 5.91 Å². The number of hydrogen-bond donors (Lipinski definition) is 1. The molecule has 0 aliphatic carbocycles. The van der Waals surface area contributed by atoms with E-state index in [-0.39, 0.29) is 18.0 Å². The summed E-state index contributed by atoms with van der Waals surface area (Å²) in [6.07, 6.45) is 0. The normalized spacial score (nSPS) is 13.2. The van der Waals surface area contributed by atoms with Crippen LogP contribution < -0.4 is 19.3 Å². The predicted octanol–water partition coefficient (Wildman–Crippen LogP) is 5.13. The van der Waals surface area contributed by atoms with Gasteiger partial charge in [-0.3, -0.25) is 4.79 Å². The highest BCUT2D eigenvalue weighted by atomic mass is 35.5. The molecule has 3 aromatic carbocycles. The van der Waals surface area contributed by atoms with Crippen molar-refractivity contribution in [2.24, 2.45) is 0 Å². The summed E-state index contributed by atoms with van der Waals surface area (Å²) in [5, 5.41) is 10.4. The molecular weight excluding hydrogens is 496 g/mol. The third kappa shape index (κ3) is 5.98. The van der Waals surface area contributed by atoms with Gasteiger partial charge in [0, 0.05) is 24.3 Å². The average Bonchev–Trinajstić information content (AvgIpc) is 2.92. The van der Waals surface area contributed by atoms with Crippen LogP contribution in [0.1, 0.15) is 33.2 Å². The first-order valence-electron chi connectivity index (χ1n) is 12.0. The zero-order chi connectivity index (χ0) is 26.4. The Morgan fingerprint density at radius 1 is 1.08 bits per heavy atom. The maximum Gasteiger partial charge on any atom is 0.337 e. The van der Waals surface area contributed by atoms with Gasteiger partial charge < -0.3 is 29.1 Å². The fourth-order valence-corrected chi connectivity index (χ4v) is 4.63. The monoisotopic (exact) mass is 524 g/mol. The Balaban J connectivity index is 1.78. The molecule has 0 radical (unpaired) electrons. The van der Waals surface area contributed by atoms with E-state index in [0.29, 0.717) is 71.9 Å². The van der Waals surface area contributed by atoms with Crippen molar-refractivity contribution in [3.8, 4) is 11.5 Å². The Labute approximate surface area is 220 Å². The van der Waals surface area contributed by atoms with E-state index in [9.17, 15) is 14.7 Å². The number of morpholine rings is 1. The van der Waals surface area contributed by atoms with Crippen LogP contribution in [0.5, 0.6) is 11.5 Å². The lowest BCUT2D eigenvalue weighted by molar-refractivity contribution is 0.0696. The fraction of sp³-hybridized carbons (Fsp3) is 0.286. The number of amides is 1. The molecule has 0 aromatic heterocycles. The zero-order valence-corrected chi connectivity index (χ0v) is 21.5. The molecule has 3 aromatic rings. The van der Waals surface area contributed by atoms with Crippen LogP contribution in [0.2, 0.25) is 5.02 Å². The number of methoxy groups -OCH3 is 1. The van der Waals surface area contributed by atoms with E-state index in [4.69, 9.17) is 25.8 Å². The summed E-state index contributed by atoms with van der Waals surface area (Å²) in [6, 6.07) is 17.4. The van der Waals surface area contributed by atoms with Crippen LogP contribution in [-0.4, -0.2) is 57.0 Å². The summed E-state index contributed by atoms with van der Waals surface area (Å²) in [5.74, 6) is -0.465. The summed E-state index contributed by atoms with van der Waals surface area (Å²) in [5.41, 5.74) is 2.34. The number of carbonyl (C=O) groups excluding carboxylic acids is 1. The van der Waals surface area contributed by atoms with Gasteiger partial charge in [0.15, 0.2) is 11.5 Å². The van der Waals surface area contributed by atoms with Crippen LogP contribution in [0.15, 0.2) is 60.7 Å². The zero-order valence-electron chi connectivity index (χ0n) is 20.8. The first-order valence-corrected chi connectivity index (χ1v) is 12.4. The smallest absolute Gasteiger partial charge is 0.337 e. The number of carboxylic acid groups (broad SMARTS) is 1. The Kier molecular flexibility index (Phi) is 8.53. The number of benzene rings is 3. The molecule has 0 bridgehead atoms. The minimum absolute atomic E-state index is 0.119. The van der Waals surface area contributed by atoms with E-state index in [0.717, 1.165) is 0 Å². The predicted molar refractivity (Wildman–Crippen MR) is 143 cm³/mol. The first kappa shape index (κ1) is 26.3. The van der Waals surface area contributed by atoms with Gasteiger partial charge in [0.1, 0.15) is 0 Å². The first-order chi connectivity index (χ1) is 17.9. The Bertz CT molecular complexity index is 1260. The van der Waals surface area contributed by atoms with Crippen LogP contribution in [0, 0.1) is 0 Å². The molecule has 1 aliphatic rings. The molecule has 1 heterocycles. The molecule has 8 nitrogen and oxygen atoms in total. The number of carboxylic acids is 1. The maximum atomic E-state index is 13.7. The summed E-state index contributed by atoms with van der Waals surface area (Å²) >= 11 is 6.47. The second-order valence-electron chi connectivity index (χ2n) is 8.41. The number of carbonyl (C=O) groups is 2. The summed E-state index contributed by atoms with van der Waals surface area (Å²) < 4.78 is 16.5. The van der Waals surface area contributed by atoms with Crippen LogP contribution in [0.25, 0.3) is 0 Å². The summed E-state index contributed by atoms with van der Waals surface area (Å²) in [6.45, 7) is 4.64. The standard InChI is InChI=1S/C28H29ClN2O6/c1-3-37-25-16-19(15-23(29)26(25)35-2)18-31(27(32)20-7-5-4-6-8-20)21-9-10-24(22(17-21)28(33)34)30-11-13-36-14-12-30/h4-10,15-17H,3,11-14,18H2,1-2H3,(H,33,34). The number of ether oxygens (including phenoxy) is 3. The molecule has 1 amide bonds. The molecule has 1 saturated heterocycles. The quantitative estimate of drug-likeness (QED) is 0.415. The molecule has 194 valence electrons. The second kappa shape index (κ2) is 12.0. The summed E-state index contributed by atoms with van der Waals surface area (Å²) in [4.78, 5) is 29.5. The largest absolute Gasteiger partial charge is 0.491 e. The van der Waals surface area contributed by atoms with E-state index < -0.39 is 5.97 Å². The highest BCUT2D eigenvalue weighted by molar-refractivity contribution is 6.32. The van der Waals surface area contributed by atoms with Crippen molar-refractivity contribution in [3.05, 3.63) is 82.4 Å². The highest BCUT2D eigenvalue weighted by Gasteiger charge is 2.24. The molecule has 4 rings (SSSR count). The van der Waals surface area contributed by atoms with E-state index >= 15 is 0 Å². The lowest BCUT2D eigenvalue weighted by Gasteiger charge is -2.31. The Hall–Kier alpha value is -3.75. The number of aromatic carboxylic acids is 1. The van der Waals surface area contributed by atoms with Crippen molar-refractivity contribution < 1.29 is 28.9 Å². The number of anilines is 2. The van der Waals surface area contributed by atoms with Gasteiger partial charge in [-0.1, -0.05) is 29.8 Å². The van der Waals surface area contributed by atoms with E-state index in [1.54, 1.807) is 59.5 Å². The van der Waals surface area contributed by atoms with E-state index in [2.05, 4.69) is 0 Å². The molecule has 0 atom stereocenters. The third-order valence-electron chi connectivity index (χ3n) is 6.05. The molecule has 0 spiro atoms. The minimum Gasteiger partial charge on any atom is -0.491 e. The second-order valence-corrected chi connectivity index (χ2v) is 8.81. The van der Waals surface area contributed by atoms with E-state index in [1.807, 2.05) is 17.9 Å². The topological polar surface area (TPSA) is 88.5 Å². The fourth-order valence-electron chi connectivity index (χ4n) is 4.32. The summed E-state index contributed by atoms with van der Waals surface area (Å²) in [7, 11) is 1.51. The molecule has 1 aliphatic heterocycles. The lowest BCUT2D eigenvalue weighted by atomic mass is 10.1. The van der Waals surface area contributed by atoms with Gasteiger partial charge in [0.2, 0.25) is 0 Å². The molecule has 1 fully saturated rings. The molecule has 9 heteroatoms. The SMILES string of the molecule is CCOc1cc(CN(C(=O)c2ccccc2)c2ccc(N3CCOCC3)c(C(=O)O)c2)cc(Cl)c1OC. The van der Waals surface area contributed by atoms with Crippen molar-refractivity contribution in [2.75, 3.05) is 49.8 Å². The van der Waals surface area contributed by atoms with Crippen molar-refractivity contribution in [3.63, 3.8) is 0 Å². The number of halogens is 1. The van der Waals surface area contributed by atoms with Crippen LogP contribution in [0.4, 0.5) is 11.4 Å². The van der Waals surface area contributed by atoms with Gasteiger partial charge >= 0.3 is 5.97 Å². The Morgan fingerprint density at radius 2 is 1.81 bits per heavy atom. The molecule has 0 saturated carbocycles. The lowest BCUT2D eigenvalue weighted by Crippen LogP contribution is -2.37. The Morgan fingerprint density at radius 3 is 2.46 bits per heavy atom. The minimum atomic E-state index is -1.07. The van der Waals surface area contributed by atoms with E-state index in [1.165, 1.54) is 7.11 Å². The molecular formula is C28H29ClN2O6. The average molecular weight is 525 g/mol. The maximum absolute atomic E-state index is 13.7. The highest BCUT2D eigenvalue weighted by Crippen LogP contribution is 2.37.